The molecule has 0 saturated heterocycles. The Morgan fingerprint density at radius 2 is 1.47 bits per heavy atom. The molecule has 196 valence electrons. The number of aliphatic hydroxyl groups is 1. The monoisotopic (exact) mass is 504 g/mol. The van der Waals surface area contributed by atoms with Gasteiger partial charge in [0, 0.05) is 6.07 Å². The van der Waals surface area contributed by atoms with E-state index in [1.807, 2.05) is 6.92 Å². The number of carbonyl (C=O) groups is 1. The van der Waals surface area contributed by atoms with E-state index in [1.54, 1.807) is 12.1 Å². The maximum Gasteiger partial charge on any atom is 0.341 e. The first-order chi connectivity index (χ1) is 17.3. The van der Waals surface area contributed by atoms with Crippen molar-refractivity contribution in [1.29, 1.82) is 0 Å². The normalized spacial score (nSPS) is 25.4. The lowest BCUT2D eigenvalue weighted by Crippen LogP contribution is -2.26. The second-order valence-corrected chi connectivity index (χ2v) is 10.4. The highest BCUT2D eigenvalue weighted by Gasteiger charge is 2.32. The van der Waals surface area contributed by atoms with E-state index < -0.39 is 29.5 Å². The standard InChI is InChI=1S/C29H35F3O4/c1-2-3-26(34)19-6-4-17(5-7-19)22-14-15-23(28(32)27(22)31)18-8-11-21(12-9-18)36-29(35)24-13-10-20(33)16-25(24)30/h10,13-19,21,26,33-34H,2-9,11-12H2,1H3. The molecule has 4 rings (SSSR count). The highest BCUT2D eigenvalue weighted by atomic mass is 19.2. The quantitative estimate of drug-likeness (QED) is 0.394. The van der Waals surface area contributed by atoms with Crippen LogP contribution in [0.5, 0.6) is 5.75 Å². The molecule has 2 fully saturated rings. The van der Waals surface area contributed by atoms with E-state index in [-0.39, 0.29) is 35.2 Å². The molecule has 0 radical (unpaired) electrons. The van der Waals surface area contributed by atoms with E-state index in [4.69, 9.17) is 4.74 Å². The fourth-order valence-electron chi connectivity index (χ4n) is 5.93. The van der Waals surface area contributed by atoms with Gasteiger partial charge in [0.05, 0.1) is 11.7 Å². The van der Waals surface area contributed by atoms with Crippen molar-refractivity contribution in [3.8, 4) is 5.75 Å². The van der Waals surface area contributed by atoms with Gasteiger partial charge in [0.2, 0.25) is 0 Å². The zero-order valence-corrected chi connectivity index (χ0v) is 20.7. The predicted octanol–water partition coefficient (Wildman–Crippen LogP) is 7.13. The van der Waals surface area contributed by atoms with Crippen LogP contribution in [0.1, 0.15) is 104 Å². The number of hydrogen-bond acceptors (Lipinski definition) is 4. The van der Waals surface area contributed by atoms with Crippen LogP contribution in [0.2, 0.25) is 0 Å². The third-order valence-electron chi connectivity index (χ3n) is 8.04. The van der Waals surface area contributed by atoms with Gasteiger partial charge in [-0.1, -0.05) is 25.5 Å². The molecule has 0 amide bonds. The summed E-state index contributed by atoms with van der Waals surface area (Å²) in [7, 11) is 0. The van der Waals surface area contributed by atoms with Crippen molar-refractivity contribution in [2.24, 2.45) is 5.92 Å². The summed E-state index contributed by atoms with van der Waals surface area (Å²) in [4.78, 5) is 12.3. The summed E-state index contributed by atoms with van der Waals surface area (Å²) in [5.74, 6) is -3.44. The molecule has 0 aromatic heterocycles. The van der Waals surface area contributed by atoms with Crippen molar-refractivity contribution in [1.82, 2.24) is 0 Å². The maximum absolute atomic E-state index is 15.2. The van der Waals surface area contributed by atoms with Crippen LogP contribution in [0.3, 0.4) is 0 Å². The van der Waals surface area contributed by atoms with Gasteiger partial charge >= 0.3 is 5.97 Å². The van der Waals surface area contributed by atoms with Gasteiger partial charge in [0.1, 0.15) is 17.7 Å². The van der Waals surface area contributed by atoms with Crippen LogP contribution in [0.15, 0.2) is 30.3 Å². The molecule has 1 atom stereocenters. The molecule has 0 spiro atoms. The third-order valence-corrected chi connectivity index (χ3v) is 8.04. The van der Waals surface area contributed by atoms with Gasteiger partial charge in [0.15, 0.2) is 11.6 Å². The molecule has 1 unspecified atom stereocenters. The Morgan fingerprint density at radius 1 is 0.917 bits per heavy atom. The van der Waals surface area contributed by atoms with Gasteiger partial charge in [-0.25, -0.2) is 18.0 Å². The topological polar surface area (TPSA) is 66.8 Å². The highest BCUT2D eigenvalue weighted by molar-refractivity contribution is 5.90. The van der Waals surface area contributed by atoms with Gasteiger partial charge in [0.25, 0.3) is 0 Å². The lowest BCUT2D eigenvalue weighted by Gasteiger charge is -2.32. The second-order valence-electron chi connectivity index (χ2n) is 10.4. The van der Waals surface area contributed by atoms with Crippen molar-refractivity contribution < 1.29 is 32.9 Å². The Labute approximate surface area is 210 Å². The zero-order valence-electron chi connectivity index (χ0n) is 20.7. The minimum Gasteiger partial charge on any atom is -0.508 e. The average molecular weight is 505 g/mol. The Hall–Kier alpha value is -2.54. The number of aromatic hydroxyl groups is 1. The highest BCUT2D eigenvalue weighted by Crippen LogP contribution is 2.42. The molecular formula is C29H35F3O4. The van der Waals surface area contributed by atoms with Crippen LogP contribution in [0.4, 0.5) is 13.2 Å². The predicted molar refractivity (Wildman–Crippen MR) is 130 cm³/mol. The van der Waals surface area contributed by atoms with Gasteiger partial charge in [-0.05, 0) is 98.8 Å². The van der Waals surface area contributed by atoms with Crippen molar-refractivity contribution in [2.45, 2.75) is 95.2 Å². The molecule has 2 N–H and O–H groups in total. The third kappa shape index (κ3) is 5.88. The summed E-state index contributed by atoms with van der Waals surface area (Å²) in [6.07, 6.45) is 6.15. The number of aliphatic hydroxyl groups excluding tert-OH is 1. The van der Waals surface area contributed by atoms with E-state index in [9.17, 15) is 19.4 Å². The van der Waals surface area contributed by atoms with E-state index >= 15 is 8.78 Å². The summed E-state index contributed by atoms with van der Waals surface area (Å²) < 4.78 is 49.6. The number of esters is 1. The Morgan fingerprint density at radius 3 is 2.00 bits per heavy atom. The van der Waals surface area contributed by atoms with Crippen LogP contribution in [-0.2, 0) is 4.74 Å². The first-order valence-electron chi connectivity index (χ1n) is 13.1. The van der Waals surface area contributed by atoms with Crippen molar-refractivity contribution in [2.75, 3.05) is 0 Å². The molecule has 4 nitrogen and oxygen atoms in total. The molecule has 2 aromatic rings. The van der Waals surface area contributed by atoms with Crippen LogP contribution in [0.25, 0.3) is 0 Å². The molecule has 2 saturated carbocycles. The molecule has 2 aromatic carbocycles. The van der Waals surface area contributed by atoms with Gasteiger partial charge < -0.3 is 14.9 Å². The van der Waals surface area contributed by atoms with E-state index in [0.717, 1.165) is 44.6 Å². The molecule has 0 aliphatic heterocycles. The number of carbonyl (C=O) groups excluding carboxylic acids is 1. The summed E-state index contributed by atoms with van der Waals surface area (Å²) in [5, 5.41) is 19.6. The minimum atomic E-state index is -0.850. The summed E-state index contributed by atoms with van der Waals surface area (Å²) >= 11 is 0. The summed E-state index contributed by atoms with van der Waals surface area (Å²) in [6, 6.07) is 6.68. The lowest BCUT2D eigenvalue weighted by atomic mass is 9.75. The number of phenols is 1. The molecule has 0 bridgehead atoms. The molecule has 2 aliphatic rings. The van der Waals surface area contributed by atoms with Gasteiger partial charge in [-0.2, -0.15) is 0 Å². The maximum atomic E-state index is 15.2. The molecule has 0 heterocycles. The number of halogens is 3. The number of hydrogen-bond donors (Lipinski definition) is 2. The first-order valence-corrected chi connectivity index (χ1v) is 13.1. The fraction of sp³-hybridized carbons (Fsp3) is 0.552. The largest absolute Gasteiger partial charge is 0.508 e. The minimum absolute atomic E-state index is 0.0333. The fourth-order valence-corrected chi connectivity index (χ4v) is 5.93. The Balaban J connectivity index is 1.34. The number of phenolic OH excluding ortho intramolecular Hbond substituents is 1. The lowest BCUT2D eigenvalue weighted by molar-refractivity contribution is 0.0189. The number of ether oxygens (including phenoxy) is 1. The molecular weight excluding hydrogens is 469 g/mol. The molecule has 2 aliphatic carbocycles. The van der Waals surface area contributed by atoms with Crippen LogP contribution >= 0.6 is 0 Å². The van der Waals surface area contributed by atoms with Crippen molar-refractivity contribution in [3.05, 3.63) is 64.5 Å². The Bertz CT molecular complexity index is 1060. The van der Waals surface area contributed by atoms with Crippen molar-refractivity contribution >= 4 is 5.97 Å². The number of rotatable bonds is 7. The average Bonchev–Trinajstić information content (AvgIpc) is 2.86. The van der Waals surface area contributed by atoms with E-state index in [1.165, 1.54) is 12.1 Å². The smallest absolute Gasteiger partial charge is 0.341 e. The molecule has 36 heavy (non-hydrogen) atoms. The molecule has 7 heteroatoms. The zero-order chi connectivity index (χ0) is 25.8. The summed E-state index contributed by atoms with van der Waals surface area (Å²) in [5.41, 5.74) is 0.545. The van der Waals surface area contributed by atoms with E-state index in [0.29, 0.717) is 36.8 Å². The number of benzene rings is 2. The Kier molecular flexibility index (Phi) is 8.60. The second kappa shape index (κ2) is 11.7. The van der Waals surface area contributed by atoms with E-state index in [2.05, 4.69) is 0 Å². The van der Waals surface area contributed by atoms with Gasteiger partial charge in [-0.3, -0.25) is 0 Å². The van der Waals surface area contributed by atoms with Crippen LogP contribution in [0, 0.1) is 23.4 Å². The SMILES string of the molecule is CCCC(O)C1CCC(c2ccc(C3CCC(OC(=O)c4ccc(O)cc4F)CC3)c(F)c2F)CC1. The van der Waals surface area contributed by atoms with Crippen molar-refractivity contribution in [3.63, 3.8) is 0 Å². The summed E-state index contributed by atoms with van der Waals surface area (Å²) in [6.45, 7) is 2.05. The first kappa shape index (κ1) is 26.5. The van der Waals surface area contributed by atoms with Crippen LogP contribution < -0.4 is 0 Å². The van der Waals surface area contributed by atoms with Crippen LogP contribution in [-0.4, -0.2) is 28.4 Å². The van der Waals surface area contributed by atoms with Gasteiger partial charge in [-0.15, -0.1) is 0 Å².